The van der Waals surface area contributed by atoms with Gasteiger partial charge in [0.1, 0.15) is 0 Å². The first-order valence-corrected chi connectivity index (χ1v) is 9.51. The number of nitrogens with one attached hydrogen (secondary N) is 1. The lowest BCUT2D eigenvalue weighted by atomic mass is 9.74. The van der Waals surface area contributed by atoms with Crippen molar-refractivity contribution in [3.8, 4) is 0 Å². The van der Waals surface area contributed by atoms with E-state index in [9.17, 15) is 0 Å². The highest BCUT2D eigenvalue weighted by Gasteiger charge is 2.30. The fourth-order valence-electron chi connectivity index (χ4n) is 3.48. The van der Waals surface area contributed by atoms with Crippen molar-refractivity contribution in [2.24, 2.45) is 5.92 Å². The molecule has 20 heavy (non-hydrogen) atoms. The van der Waals surface area contributed by atoms with Gasteiger partial charge in [0.15, 0.2) is 0 Å². The summed E-state index contributed by atoms with van der Waals surface area (Å²) >= 11 is 1.99. The summed E-state index contributed by atoms with van der Waals surface area (Å²) in [7, 11) is 0. The van der Waals surface area contributed by atoms with Crippen LogP contribution >= 0.6 is 11.8 Å². The molecule has 0 amide bonds. The Morgan fingerprint density at radius 3 is 2.70 bits per heavy atom. The van der Waals surface area contributed by atoms with Gasteiger partial charge in [-0.25, -0.2) is 0 Å². The van der Waals surface area contributed by atoms with Crippen LogP contribution in [0, 0.1) is 5.92 Å². The Morgan fingerprint density at radius 1 is 1.20 bits per heavy atom. The summed E-state index contributed by atoms with van der Waals surface area (Å²) in [6.45, 7) is 3.44. The van der Waals surface area contributed by atoms with Crippen LogP contribution in [0.4, 0.5) is 0 Å². The minimum atomic E-state index is 0.752. The second-order valence-corrected chi connectivity index (χ2v) is 7.01. The third-order valence-electron chi connectivity index (χ3n) is 4.60. The Bertz CT molecular complexity index is 365. The van der Waals surface area contributed by atoms with Crippen molar-refractivity contribution in [3.63, 3.8) is 0 Å². The molecule has 1 saturated carbocycles. The molecule has 1 aromatic rings. The second kappa shape index (κ2) is 8.74. The number of hydrogen-bond donors (Lipinski definition) is 1. The lowest BCUT2D eigenvalue weighted by Gasteiger charge is -2.37. The molecule has 3 unspecified atom stereocenters. The van der Waals surface area contributed by atoms with Crippen molar-refractivity contribution in [1.29, 1.82) is 0 Å². The highest BCUT2D eigenvalue weighted by Crippen LogP contribution is 2.38. The summed E-state index contributed by atoms with van der Waals surface area (Å²) in [4.78, 5) is 0. The van der Waals surface area contributed by atoms with Crippen LogP contribution in [0.1, 0.15) is 50.5 Å². The molecule has 0 aromatic heterocycles. The average molecular weight is 292 g/mol. The van der Waals surface area contributed by atoms with E-state index in [1.165, 1.54) is 44.4 Å². The molecule has 1 nitrogen and oxygen atoms in total. The summed E-state index contributed by atoms with van der Waals surface area (Å²) < 4.78 is 0. The lowest BCUT2D eigenvalue weighted by Crippen LogP contribution is -2.40. The van der Waals surface area contributed by atoms with Crippen molar-refractivity contribution in [3.05, 3.63) is 35.9 Å². The predicted octanol–water partition coefficient (Wildman–Crippen LogP) is 4.69. The van der Waals surface area contributed by atoms with Crippen molar-refractivity contribution in [1.82, 2.24) is 5.32 Å². The number of rotatable bonds is 7. The van der Waals surface area contributed by atoms with Crippen molar-refractivity contribution < 1.29 is 0 Å². The van der Waals surface area contributed by atoms with Gasteiger partial charge in [-0.1, -0.05) is 37.3 Å². The van der Waals surface area contributed by atoms with Gasteiger partial charge < -0.3 is 5.32 Å². The molecule has 0 heterocycles. The van der Waals surface area contributed by atoms with Gasteiger partial charge >= 0.3 is 0 Å². The Balaban J connectivity index is 1.97. The first-order valence-electron chi connectivity index (χ1n) is 8.12. The van der Waals surface area contributed by atoms with Gasteiger partial charge in [-0.15, -0.1) is 0 Å². The van der Waals surface area contributed by atoms with E-state index < -0.39 is 0 Å². The molecule has 0 aliphatic heterocycles. The van der Waals surface area contributed by atoms with Gasteiger partial charge in [0, 0.05) is 6.04 Å². The lowest BCUT2D eigenvalue weighted by molar-refractivity contribution is 0.235. The van der Waals surface area contributed by atoms with Crippen molar-refractivity contribution in [2.75, 3.05) is 18.6 Å². The highest BCUT2D eigenvalue weighted by molar-refractivity contribution is 7.98. The topological polar surface area (TPSA) is 12.0 Å². The molecule has 0 radical (unpaired) electrons. The third-order valence-corrected chi connectivity index (χ3v) is 5.25. The standard InChI is InChI=1S/C18H29NS/c1-3-12-19-18-10-9-16(14-17(18)11-13-20-2)15-7-5-4-6-8-15/h4-8,16-19H,3,9-14H2,1-2H3. The fourth-order valence-corrected chi connectivity index (χ4v) is 4.02. The van der Waals surface area contributed by atoms with Gasteiger partial charge in [-0.05, 0) is 68.1 Å². The smallest absolute Gasteiger partial charge is 0.00960 e. The third kappa shape index (κ3) is 4.53. The number of hydrogen-bond acceptors (Lipinski definition) is 2. The summed E-state index contributed by atoms with van der Waals surface area (Å²) in [6.07, 6.45) is 8.90. The van der Waals surface area contributed by atoms with Crippen LogP contribution in [-0.4, -0.2) is 24.6 Å². The monoisotopic (exact) mass is 291 g/mol. The van der Waals surface area contributed by atoms with E-state index in [-0.39, 0.29) is 0 Å². The minimum absolute atomic E-state index is 0.752. The van der Waals surface area contributed by atoms with Crippen molar-refractivity contribution >= 4 is 11.8 Å². The fraction of sp³-hybridized carbons (Fsp3) is 0.667. The molecule has 0 bridgehead atoms. The molecule has 3 atom stereocenters. The van der Waals surface area contributed by atoms with Crippen LogP contribution in [0.3, 0.4) is 0 Å². The molecule has 0 spiro atoms. The van der Waals surface area contributed by atoms with E-state index in [2.05, 4.69) is 48.8 Å². The van der Waals surface area contributed by atoms with Crippen molar-refractivity contribution in [2.45, 2.75) is 51.0 Å². The average Bonchev–Trinajstić information content (AvgIpc) is 2.52. The Labute approximate surface area is 128 Å². The van der Waals surface area contributed by atoms with Crippen LogP contribution in [0.2, 0.25) is 0 Å². The van der Waals surface area contributed by atoms with Gasteiger partial charge in [0.25, 0.3) is 0 Å². The summed E-state index contributed by atoms with van der Waals surface area (Å²) in [5.41, 5.74) is 1.55. The maximum atomic E-state index is 3.79. The number of thioether (sulfide) groups is 1. The van der Waals surface area contributed by atoms with Crippen LogP contribution in [-0.2, 0) is 0 Å². The van der Waals surface area contributed by atoms with Gasteiger partial charge in [0.2, 0.25) is 0 Å². The van der Waals surface area contributed by atoms with Crippen LogP contribution in [0.25, 0.3) is 0 Å². The molecule has 1 aromatic carbocycles. The zero-order valence-corrected chi connectivity index (χ0v) is 13.8. The first-order chi connectivity index (χ1) is 9.85. The quantitative estimate of drug-likeness (QED) is 0.782. The Kier molecular flexibility index (Phi) is 6.95. The second-order valence-electron chi connectivity index (χ2n) is 6.02. The van der Waals surface area contributed by atoms with Crippen LogP contribution < -0.4 is 5.32 Å². The van der Waals surface area contributed by atoms with Gasteiger partial charge in [-0.3, -0.25) is 0 Å². The molecule has 1 aliphatic carbocycles. The zero-order valence-electron chi connectivity index (χ0n) is 13.0. The van der Waals surface area contributed by atoms with Gasteiger partial charge in [0.05, 0.1) is 0 Å². The molecule has 1 N–H and O–H groups in total. The van der Waals surface area contributed by atoms with Crippen LogP contribution in [0.15, 0.2) is 30.3 Å². The van der Waals surface area contributed by atoms with E-state index >= 15 is 0 Å². The molecular formula is C18H29NS. The summed E-state index contributed by atoms with van der Waals surface area (Å²) in [6, 6.07) is 11.9. The number of benzene rings is 1. The molecule has 0 saturated heterocycles. The van der Waals surface area contributed by atoms with E-state index in [1.807, 2.05) is 11.8 Å². The molecule has 112 valence electrons. The van der Waals surface area contributed by atoms with E-state index in [4.69, 9.17) is 0 Å². The largest absolute Gasteiger partial charge is 0.314 e. The van der Waals surface area contributed by atoms with E-state index in [0.717, 1.165) is 17.9 Å². The van der Waals surface area contributed by atoms with Crippen LogP contribution in [0.5, 0.6) is 0 Å². The molecule has 2 rings (SSSR count). The Morgan fingerprint density at radius 2 is 2.00 bits per heavy atom. The molecule has 1 fully saturated rings. The van der Waals surface area contributed by atoms with Gasteiger partial charge in [-0.2, -0.15) is 11.8 Å². The summed E-state index contributed by atoms with van der Waals surface area (Å²) in [5.74, 6) is 2.94. The SMILES string of the molecule is CCCNC1CCC(c2ccccc2)CC1CCSC. The molecular weight excluding hydrogens is 262 g/mol. The summed E-state index contributed by atoms with van der Waals surface area (Å²) in [5, 5.41) is 3.79. The highest BCUT2D eigenvalue weighted by atomic mass is 32.2. The van der Waals surface area contributed by atoms with E-state index in [1.54, 1.807) is 5.56 Å². The van der Waals surface area contributed by atoms with E-state index in [0.29, 0.717) is 0 Å². The predicted molar refractivity (Wildman–Crippen MR) is 91.6 cm³/mol. The normalized spacial score (nSPS) is 26.6. The molecule has 1 aliphatic rings. The molecule has 2 heteroatoms. The Hall–Kier alpha value is -0.470. The first kappa shape index (κ1) is 15.9. The maximum Gasteiger partial charge on any atom is 0.00960 e. The minimum Gasteiger partial charge on any atom is -0.314 e. The maximum absolute atomic E-state index is 3.79. The zero-order chi connectivity index (χ0) is 14.2.